The minimum Gasteiger partial charge on any atom is -0.0697 e. The van der Waals surface area contributed by atoms with Crippen molar-refractivity contribution in [2.45, 2.75) is 88.6 Å². The molecule has 2 aliphatic rings. The zero-order chi connectivity index (χ0) is 12.1. The zero-order valence-corrected chi connectivity index (χ0v) is 12.1. The maximum Gasteiger partial charge on any atom is 0.127 e. The van der Waals surface area contributed by atoms with Crippen molar-refractivity contribution in [3.63, 3.8) is 0 Å². The average molecular weight is 232 g/mol. The van der Waals surface area contributed by atoms with Crippen molar-refractivity contribution in [3.8, 4) is 0 Å². The van der Waals surface area contributed by atoms with Crippen LogP contribution in [0.25, 0.3) is 0 Å². The monoisotopic (exact) mass is 232 g/mol. The van der Waals surface area contributed by atoms with Crippen LogP contribution in [-0.4, -0.2) is 15.1 Å². The third kappa shape index (κ3) is 4.72. The Bertz CT molecular complexity index is 195. The normalized spacial score (nSPS) is 40.3. The summed E-state index contributed by atoms with van der Waals surface area (Å²) in [6.07, 6.45) is 15.2. The molecule has 0 spiro atoms. The molecule has 2 fully saturated rings. The van der Waals surface area contributed by atoms with Crippen molar-refractivity contribution >= 4 is 15.1 Å². The van der Waals surface area contributed by atoms with Crippen LogP contribution in [0.15, 0.2) is 0 Å². The van der Waals surface area contributed by atoms with E-state index in [1.165, 1.54) is 64.2 Å². The Morgan fingerprint density at radius 2 is 1.41 bits per heavy atom. The van der Waals surface area contributed by atoms with E-state index in [2.05, 4.69) is 14.8 Å². The van der Waals surface area contributed by atoms with Crippen molar-refractivity contribution < 1.29 is 0 Å². The van der Waals surface area contributed by atoms with Gasteiger partial charge in [0.1, 0.15) is 15.1 Å². The largest absolute Gasteiger partial charge is 0.127 e. The molecule has 0 bridgehead atoms. The molecule has 4 unspecified atom stereocenters. The smallest absolute Gasteiger partial charge is 0.0697 e. The van der Waals surface area contributed by atoms with Crippen molar-refractivity contribution in [3.05, 3.63) is 0 Å². The summed E-state index contributed by atoms with van der Waals surface area (Å²) in [7, 11) is 4.02. The fourth-order valence-corrected chi connectivity index (χ4v) is 4.07. The predicted molar refractivity (Wildman–Crippen MR) is 82.3 cm³/mol. The van der Waals surface area contributed by atoms with Gasteiger partial charge in [-0.15, -0.1) is 0 Å². The van der Waals surface area contributed by atoms with Gasteiger partial charge in [-0.2, -0.15) is 0 Å². The van der Waals surface area contributed by atoms with Crippen LogP contribution in [0.5, 0.6) is 0 Å². The van der Waals surface area contributed by atoms with Crippen molar-refractivity contribution in [1.29, 1.82) is 0 Å². The molecular formula is C15H30B2. The fraction of sp³-hybridized carbons (Fsp3) is 1.00. The number of hydrogen-bond acceptors (Lipinski definition) is 0. The topological polar surface area (TPSA) is 0 Å². The van der Waals surface area contributed by atoms with Gasteiger partial charge in [-0.05, 0) is 5.92 Å². The van der Waals surface area contributed by atoms with Crippen LogP contribution in [0.1, 0.15) is 71.1 Å². The molecule has 2 saturated carbocycles. The van der Waals surface area contributed by atoms with Gasteiger partial charge in [-0.1, -0.05) is 88.6 Å². The van der Waals surface area contributed by atoms with Crippen LogP contribution in [0, 0.1) is 5.92 Å². The molecule has 2 rings (SSSR count). The molecular weight excluding hydrogens is 202 g/mol. The van der Waals surface area contributed by atoms with Crippen molar-refractivity contribution in [2.75, 3.05) is 0 Å². The third-order valence-corrected chi connectivity index (χ3v) is 5.42. The second kappa shape index (κ2) is 6.90. The molecule has 17 heavy (non-hydrogen) atoms. The van der Waals surface area contributed by atoms with E-state index in [-0.39, 0.29) is 0 Å². The minimum atomic E-state index is 1.01. The van der Waals surface area contributed by atoms with E-state index in [1.54, 1.807) is 7.28 Å². The summed E-state index contributed by atoms with van der Waals surface area (Å²) in [6, 6.07) is 0. The van der Waals surface area contributed by atoms with Gasteiger partial charge in [0.05, 0.1) is 0 Å². The van der Waals surface area contributed by atoms with E-state index < -0.39 is 0 Å². The SMILES string of the molecule is BC1CCCC(BC2CCCC(C)CC2)CC1. The first-order valence-corrected chi connectivity index (χ1v) is 8.24. The van der Waals surface area contributed by atoms with Crippen molar-refractivity contribution in [1.82, 2.24) is 0 Å². The van der Waals surface area contributed by atoms with Crippen LogP contribution in [-0.2, 0) is 0 Å². The molecule has 4 atom stereocenters. The fourth-order valence-electron chi connectivity index (χ4n) is 4.07. The molecule has 0 nitrogen and oxygen atoms in total. The van der Waals surface area contributed by atoms with E-state index in [0.717, 1.165) is 23.4 Å². The lowest BCUT2D eigenvalue weighted by atomic mass is 9.51. The Kier molecular flexibility index (Phi) is 5.50. The molecule has 0 aromatic rings. The van der Waals surface area contributed by atoms with Crippen LogP contribution < -0.4 is 0 Å². The Hall–Kier alpha value is 0.130. The highest BCUT2D eigenvalue weighted by atomic mass is 14.2. The van der Waals surface area contributed by atoms with Gasteiger partial charge in [-0.25, -0.2) is 0 Å². The van der Waals surface area contributed by atoms with Crippen LogP contribution in [0.2, 0.25) is 17.5 Å². The maximum atomic E-state index is 2.45. The summed E-state index contributed by atoms with van der Waals surface area (Å²) in [5, 5.41) is 0. The Morgan fingerprint density at radius 3 is 2.18 bits per heavy atom. The molecule has 2 heteroatoms. The van der Waals surface area contributed by atoms with E-state index >= 15 is 0 Å². The third-order valence-electron chi connectivity index (χ3n) is 5.42. The molecule has 0 heterocycles. The predicted octanol–water partition coefficient (Wildman–Crippen LogP) is 3.99. The minimum absolute atomic E-state index is 1.01. The van der Waals surface area contributed by atoms with Gasteiger partial charge in [0.15, 0.2) is 0 Å². The molecule has 0 saturated heterocycles. The van der Waals surface area contributed by atoms with Gasteiger partial charge in [0.25, 0.3) is 0 Å². The molecule has 0 aromatic carbocycles. The summed E-state index contributed by atoms with van der Waals surface area (Å²) < 4.78 is 0. The van der Waals surface area contributed by atoms with E-state index in [1.807, 2.05) is 0 Å². The molecule has 0 radical (unpaired) electrons. The van der Waals surface area contributed by atoms with Crippen LogP contribution in [0.4, 0.5) is 0 Å². The molecule has 2 aliphatic carbocycles. The maximum absolute atomic E-state index is 2.45. The lowest BCUT2D eigenvalue weighted by molar-refractivity contribution is 0.504. The van der Waals surface area contributed by atoms with Gasteiger partial charge in [0.2, 0.25) is 0 Å². The standard InChI is InChI=1S/C15H30B2/c1-12-4-2-6-14(10-8-12)17-15-7-3-5-13(16)9-11-15/h12-15,17H,2-11,16H2,1H3. The lowest BCUT2D eigenvalue weighted by Gasteiger charge is -2.19. The van der Waals surface area contributed by atoms with E-state index in [9.17, 15) is 0 Å². The lowest BCUT2D eigenvalue weighted by Crippen LogP contribution is -2.10. The first-order chi connectivity index (χ1) is 8.24. The summed E-state index contributed by atoms with van der Waals surface area (Å²) in [5.74, 6) is 4.18. The first-order valence-electron chi connectivity index (χ1n) is 8.24. The summed E-state index contributed by atoms with van der Waals surface area (Å²) in [4.78, 5) is 0. The van der Waals surface area contributed by atoms with Crippen LogP contribution in [0.3, 0.4) is 0 Å². The molecule has 96 valence electrons. The van der Waals surface area contributed by atoms with Gasteiger partial charge >= 0.3 is 0 Å². The second-order valence-corrected chi connectivity index (χ2v) is 7.19. The van der Waals surface area contributed by atoms with Gasteiger partial charge < -0.3 is 0 Å². The highest BCUT2D eigenvalue weighted by Gasteiger charge is 2.23. The molecule has 0 aliphatic heterocycles. The molecule has 0 amide bonds. The summed E-state index contributed by atoms with van der Waals surface area (Å²) in [5.41, 5.74) is 0. The Balaban J connectivity index is 1.75. The Labute approximate surface area is 110 Å². The summed E-state index contributed by atoms with van der Waals surface area (Å²) in [6.45, 7) is 2.45. The average Bonchev–Trinajstić information content (AvgIpc) is 2.62. The molecule has 0 N–H and O–H groups in total. The van der Waals surface area contributed by atoms with Crippen molar-refractivity contribution in [2.24, 2.45) is 5.92 Å². The van der Waals surface area contributed by atoms with Gasteiger partial charge in [-0.3, -0.25) is 0 Å². The quantitative estimate of drug-likeness (QED) is 0.498. The van der Waals surface area contributed by atoms with Gasteiger partial charge in [0, 0.05) is 0 Å². The number of hydrogen-bond donors (Lipinski definition) is 0. The van der Waals surface area contributed by atoms with Crippen LogP contribution >= 0.6 is 0 Å². The molecule has 0 aromatic heterocycles. The second-order valence-electron chi connectivity index (χ2n) is 7.19. The highest BCUT2D eigenvalue weighted by Crippen LogP contribution is 2.38. The summed E-state index contributed by atoms with van der Waals surface area (Å²) >= 11 is 0. The first kappa shape index (κ1) is 13.6. The van der Waals surface area contributed by atoms with E-state index in [0.29, 0.717) is 0 Å². The highest BCUT2D eigenvalue weighted by molar-refractivity contribution is 6.39. The number of rotatable bonds is 2. The Morgan fingerprint density at radius 1 is 0.765 bits per heavy atom. The zero-order valence-electron chi connectivity index (χ0n) is 12.1. The van der Waals surface area contributed by atoms with E-state index in [4.69, 9.17) is 0 Å².